The molecule has 5 nitrogen and oxygen atoms in total. The van der Waals surface area contributed by atoms with Gasteiger partial charge in [-0.05, 0) is 46.9 Å². The number of carbonyl (C=O) groups is 1. The van der Waals surface area contributed by atoms with Crippen molar-refractivity contribution in [3.8, 4) is 0 Å². The van der Waals surface area contributed by atoms with Gasteiger partial charge >= 0.3 is 6.03 Å². The van der Waals surface area contributed by atoms with Gasteiger partial charge in [0.15, 0.2) is 0 Å². The van der Waals surface area contributed by atoms with Gasteiger partial charge in [-0.1, -0.05) is 76.2 Å². The maximum Gasteiger partial charge on any atom is 0.315 e. The van der Waals surface area contributed by atoms with E-state index in [4.69, 9.17) is 9.47 Å². The highest BCUT2D eigenvalue weighted by Gasteiger charge is 2.44. The number of hydrogen-bond acceptors (Lipinski definition) is 3. The predicted octanol–water partition coefficient (Wildman–Crippen LogP) is 4.51. The summed E-state index contributed by atoms with van der Waals surface area (Å²) in [6.07, 6.45) is 1.07. The van der Waals surface area contributed by atoms with Gasteiger partial charge in [0.1, 0.15) is 19.0 Å². The van der Waals surface area contributed by atoms with E-state index in [2.05, 4.69) is 86.9 Å². The van der Waals surface area contributed by atoms with E-state index < -0.39 is 0 Å². The minimum Gasteiger partial charge on any atom is -0.347 e. The Morgan fingerprint density at radius 3 is 1.48 bits per heavy atom. The molecule has 0 radical (unpaired) electrons. The average molecular weight is 423 g/mol. The Morgan fingerprint density at radius 2 is 1.13 bits per heavy atom. The van der Waals surface area contributed by atoms with Gasteiger partial charge in [-0.3, -0.25) is 0 Å². The number of nitrogens with one attached hydrogen (secondary N) is 2. The van der Waals surface area contributed by atoms with Gasteiger partial charge in [0.2, 0.25) is 0 Å². The first kappa shape index (κ1) is 21.8. The Balaban J connectivity index is 1.48. The van der Waals surface area contributed by atoms with E-state index in [0.29, 0.717) is 24.7 Å². The number of hydrogen-bond donors (Lipinski definition) is 2. The van der Waals surface area contributed by atoms with Crippen LogP contribution in [0.1, 0.15) is 61.8 Å². The summed E-state index contributed by atoms with van der Waals surface area (Å²) in [6, 6.07) is 16.9. The lowest BCUT2D eigenvalue weighted by Crippen LogP contribution is -2.47. The summed E-state index contributed by atoms with van der Waals surface area (Å²) >= 11 is 0. The van der Waals surface area contributed by atoms with Crippen molar-refractivity contribution in [1.29, 1.82) is 0 Å². The highest BCUT2D eigenvalue weighted by Crippen LogP contribution is 2.26. The molecule has 2 aliphatic heterocycles. The molecule has 2 heterocycles. The van der Waals surface area contributed by atoms with E-state index in [9.17, 15) is 4.79 Å². The molecule has 2 amide bonds. The maximum absolute atomic E-state index is 12.7. The summed E-state index contributed by atoms with van der Waals surface area (Å²) in [5.74, 6) is 1.00. The van der Waals surface area contributed by atoms with Crippen molar-refractivity contribution in [2.45, 2.75) is 76.7 Å². The molecule has 0 unspecified atom stereocenters. The summed E-state index contributed by atoms with van der Waals surface area (Å²) < 4.78 is 11.9. The molecule has 0 saturated carbocycles. The van der Waals surface area contributed by atoms with Gasteiger partial charge in [-0.15, -0.1) is 0 Å². The van der Waals surface area contributed by atoms with Crippen LogP contribution in [0.5, 0.6) is 0 Å². The number of rotatable bonds is 6. The number of amides is 2. The Labute approximate surface area is 185 Å². The average Bonchev–Trinajstić information content (AvgIpc) is 3.19. The van der Waals surface area contributed by atoms with E-state index in [1.807, 2.05) is 0 Å². The lowest BCUT2D eigenvalue weighted by Gasteiger charge is -2.26. The molecular formula is C26H34N2O3. The van der Waals surface area contributed by atoms with Crippen LogP contribution in [-0.4, -0.2) is 37.1 Å². The second-order valence-electron chi connectivity index (χ2n) is 9.41. The molecule has 2 aliphatic rings. The third-order valence-corrected chi connectivity index (χ3v) is 6.47. The third kappa shape index (κ3) is 5.10. The summed E-state index contributed by atoms with van der Waals surface area (Å²) in [5.41, 5.74) is 5.01. The lowest BCUT2D eigenvalue weighted by atomic mass is 9.91. The Hall–Kier alpha value is -2.37. The summed E-state index contributed by atoms with van der Waals surface area (Å²) in [5, 5.41) is 6.24. The van der Waals surface area contributed by atoms with Crippen LogP contribution in [0.3, 0.4) is 0 Å². The van der Waals surface area contributed by atoms with Gasteiger partial charge in [0.25, 0.3) is 0 Å². The van der Waals surface area contributed by atoms with Gasteiger partial charge in [0, 0.05) is 0 Å². The minimum atomic E-state index is -0.177. The number of carbonyl (C=O) groups excluding carboxylic acids is 1. The van der Waals surface area contributed by atoms with Crippen molar-refractivity contribution in [1.82, 2.24) is 10.6 Å². The van der Waals surface area contributed by atoms with Crippen LogP contribution in [0, 0.1) is 0 Å². The second kappa shape index (κ2) is 9.41. The second-order valence-corrected chi connectivity index (χ2v) is 9.41. The monoisotopic (exact) mass is 422 g/mol. The molecule has 0 bridgehead atoms. The number of fused-ring (bicyclic) bond motifs is 1. The van der Waals surface area contributed by atoms with Crippen LogP contribution in [0.25, 0.3) is 0 Å². The molecule has 31 heavy (non-hydrogen) atoms. The fraction of sp³-hybridized carbons (Fsp3) is 0.500. The predicted molar refractivity (Wildman–Crippen MR) is 122 cm³/mol. The Bertz CT molecular complexity index is 805. The van der Waals surface area contributed by atoms with Crippen molar-refractivity contribution in [2.75, 3.05) is 6.79 Å². The summed E-state index contributed by atoms with van der Waals surface area (Å²) in [7, 11) is 0. The topological polar surface area (TPSA) is 59.6 Å². The van der Waals surface area contributed by atoms with E-state index in [-0.39, 0.29) is 37.1 Å². The molecule has 2 fully saturated rings. The standard InChI is InChI=1S/C26H34N2O3/c1-16(2)20-9-5-18(6-10-20)13-22-24-25(31-15-30-24)23(28-26(29)27-22)14-19-7-11-21(12-8-19)17(3)4/h5-12,16-17,22-25H,13-15H2,1-4H3,(H2,27,28,29)/t22-,23-,24+,25+/m1/s1. The molecule has 2 aromatic carbocycles. The lowest BCUT2D eigenvalue weighted by molar-refractivity contribution is 0.0275. The molecule has 4 rings (SSSR count). The fourth-order valence-electron chi connectivity index (χ4n) is 4.54. The zero-order chi connectivity index (χ0) is 22.0. The van der Waals surface area contributed by atoms with Crippen molar-refractivity contribution in [3.05, 3.63) is 70.8 Å². The van der Waals surface area contributed by atoms with E-state index in [0.717, 1.165) is 0 Å². The Kier molecular flexibility index (Phi) is 6.63. The molecule has 2 aromatic rings. The highest BCUT2D eigenvalue weighted by atomic mass is 16.7. The van der Waals surface area contributed by atoms with E-state index >= 15 is 0 Å². The number of urea groups is 1. The summed E-state index contributed by atoms with van der Waals surface area (Å²) in [6.45, 7) is 9.03. The van der Waals surface area contributed by atoms with Gasteiger partial charge in [0.05, 0.1) is 12.1 Å². The van der Waals surface area contributed by atoms with E-state index in [1.165, 1.54) is 22.3 Å². The molecular weight excluding hydrogens is 388 g/mol. The normalized spacial score (nSPS) is 25.8. The maximum atomic E-state index is 12.7. The molecule has 0 spiro atoms. The first-order valence-corrected chi connectivity index (χ1v) is 11.4. The van der Waals surface area contributed by atoms with Crippen molar-refractivity contribution >= 4 is 6.03 Å². The van der Waals surface area contributed by atoms with Gasteiger partial charge in [-0.25, -0.2) is 4.79 Å². The van der Waals surface area contributed by atoms with Crippen molar-refractivity contribution < 1.29 is 14.3 Å². The first-order chi connectivity index (χ1) is 14.9. The largest absolute Gasteiger partial charge is 0.347 e. The molecule has 0 aromatic heterocycles. The first-order valence-electron chi connectivity index (χ1n) is 11.4. The molecule has 2 N–H and O–H groups in total. The van der Waals surface area contributed by atoms with Crippen LogP contribution in [0.2, 0.25) is 0 Å². The van der Waals surface area contributed by atoms with Crippen LogP contribution < -0.4 is 10.6 Å². The summed E-state index contributed by atoms with van der Waals surface area (Å²) in [4.78, 5) is 12.7. The van der Waals surface area contributed by atoms with Crippen LogP contribution in [0.15, 0.2) is 48.5 Å². The van der Waals surface area contributed by atoms with Crippen LogP contribution in [-0.2, 0) is 22.3 Å². The van der Waals surface area contributed by atoms with Crippen LogP contribution in [0.4, 0.5) is 4.79 Å². The van der Waals surface area contributed by atoms with Crippen molar-refractivity contribution in [2.24, 2.45) is 0 Å². The molecule has 2 saturated heterocycles. The molecule has 5 heteroatoms. The quantitative estimate of drug-likeness (QED) is 0.720. The fourth-order valence-corrected chi connectivity index (χ4v) is 4.54. The molecule has 166 valence electrons. The highest BCUT2D eigenvalue weighted by molar-refractivity contribution is 5.75. The van der Waals surface area contributed by atoms with Gasteiger partial charge in [-0.2, -0.15) is 0 Å². The van der Waals surface area contributed by atoms with Crippen LogP contribution >= 0.6 is 0 Å². The van der Waals surface area contributed by atoms with Crippen molar-refractivity contribution in [3.63, 3.8) is 0 Å². The van der Waals surface area contributed by atoms with Gasteiger partial charge < -0.3 is 20.1 Å². The minimum absolute atomic E-state index is 0.134. The number of benzene rings is 2. The Morgan fingerprint density at radius 1 is 0.742 bits per heavy atom. The molecule has 4 atom stereocenters. The smallest absolute Gasteiger partial charge is 0.315 e. The number of ether oxygens (including phenoxy) is 2. The van der Waals surface area contributed by atoms with E-state index in [1.54, 1.807) is 0 Å². The zero-order valence-electron chi connectivity index (χ0n) is 18.9. The third-order valence-electron chi connectivity index (χ3n) is 6.47. The molecule has 0 aliphatic carbocycles. The SMILES string of the molecule is CC(C)c1ccc(C[C@H]2NC(=O)N[C@H](Cc3ccc(C(C)C)cc3)[C@@H]3OCO[C@H]32)cc1. The zero-order valence-corrected chi connectivity index (χ0v) is 18.9.